The molecule has 4 unspecified atom stereocenters. The first-order valence-corrected chi connectivity index (χ1v) is 8.00. The Morgan fingerprint density at radius 2 is 1.89 bits per heavy atom. The smallest absolute Gasteiger partial charge is 0.139 e. The fourth-order valence-corrected chi connectivity index (χ4v) is 5.09. The quantitative estimate of drug-likeness (QED) is 0.771. The largest absolute Gasteiger partial charge is 0.369 e. The Balaban J connectivity index is 1.64. The minimum absolute atomic E-state index is 0.0987. The van der Waals surface area contributed by atoms with Crippen LogP contribution in [0.25, 0.3) is 0 Å². The van der Waals surface area contributed by atoms with Crippen LogP contribution < -0.4 is 0 Å². The topological polar surface area (TPSA) is 26.3 Å². The maximum Gasteiger partial charge on any atom is 0.139 e. The highest BCUT2D eigenvalue weighted by molar-refractivity contribution is 5.83. The summed E-state index contributed by atoms with van der Waals surface area (Å²) in [7, 11) is 0. The van der Waals surface area contributed by atoms with Gasteiger partial charge in [0.05, 0.1) is 11.2 Å². The van der Waals surface area contributed by atoms with E-state index in [2.05, 4.69) is 27.7 Å². The van der Waals surface area contributed by atoms with Gasteiger partial charge in [-0.2, -0.15) is 0 Å². The lowest BCUT2D eigenvalue weighted by Gasteiger charge is -2.28. The van der Waals surface area contributed by atoms with Crippen molar-refractivity contribution in [3.05, 3.63) is 0 Å². The number of carbonyl (C=O) groups excluding carboxylic acids is 1. The van der Waals surface area contributed by atoms with Crippen molar-refractivity contribution in [3.63, 3.8) is 0 Å². The fourth-order valence-electron chi connectivity index (χ4n) is 5.09. The molecule has 0 N–H and O–H groups in total. The second kappa shape index (κ2) is 4.31. The van der Waals surface area contributed by atoms with E-state index in [0.29, 0.717) is 11.7 Å². The molecular weight excluding hydrogens is 236 g/mol. The predicted molar refractivity (Wildman–Crippen MR) is 75.9 cm³/mol. The molecule has 1 aliphatic heterocycles. The molecule has 0 spiro atoms. The summed E-state index contributed by atoms with van der Waals surface area (Å²) in [6.45, 7) is 8.40. The Kier molecular flexibility index (Phi) is 3.09. The summed E-state index contributed by atoms with van der Waals surface area (Å²) in [6.07, 6.45) is 7.20. The van der Waals surface area contributed by atoms with Crippen molar-refractivity contribution < 1.29 is 9.53 Å². The third-order valence-electron chi connectivity index (χ3n) is 5.81. The van der Waals surface area contributed by atoms with Crippen LogP contribution in [0.1, 0.15) is 66.2 Å². The highest BCUT2D eigenvalue weighted by Gasteiger charge is 2.50. The van der Waals surface area contributed by atoms with Crippen LogP contribution in [-0.2, 0) is 9.53 Å². The molecule has 2 nitrogen and oxygen atoms in total. The van der Waals surface area contributed by atoms with Crippen LogP contribution in [0.4, 0.5) is 0 Å². The van der Waals surface area contributed by atoms with Crippen molar-refractivity contribution >= 4 is 5.78 Å². The normalized spacial score (nSPS) is 42.7. The first kappa shape index (κ1) is 13.6. The van der Waals surface area contributed by atoms with E-state index >= 15 is 0 Å². The van der Waals surface area contributed by atoms with Gasteiger partial charge in [0.15, 0.2) is 0 Å². The van der Waals surface area contributed by atoms with Crippen LogP contribution in [-0.4, -0.2) is 17.0 Å². The highest BCUT2D eigenvalue weighted by atomic mass is 16.5. The number of Topliss-reactive ketones (excluding diaryl/α,β-unsaturated/α-hetero) is 1. The van der Waals surface area contributed by atoms with Gasteiger partial charge in [0.1, 0.15) is 5.78 Å². The van der Waals surface area contributed by atoms with Gasteiger partial charge in [-0.05, 0) is 71.1 Å². The third-order valence-corrected chi connectivity index (χ3v) is 5.81. The van der Waals surface area contributed by atoms with Crippen LogP contribution >= 0.6 is 0 Å². The second-order valence-electron chi connectivity index (χ2n) is 8.33. The van der Waals surface area contributed by atoms with Gasteiger partial charge in [-0.15, -0.1) is 0 Å². The van der Waals surface area contributed by atoms with Gasteiger partial charge in [0.25, 0.3) is 0 Å². The molecule has 0 aromatic rings. The monoisotopic (exact) mass is 264 g/mol. The summed E-state index contributed by atoms with van der Waals surface area (Å²) in [5.41, 5.74) is -0.420. The van der Waals surface area contributed by atoms with E-state index < -0.39 is 0 Å². The van der Waals surface area contributed by atoms with E-state index in [1.54, 1.807) is 0 Å². The number of hydrogen-bond donors (Lipinski definition) is 0. The first-order valence-electron chi connectivity index (χ1n) is 8.00. The van der Waals surface area contributed by atoms with E-state index in [1.165, 1.54) is 25.7 Å². The molecule has 19 heavy (non-hydrogen) atoms. The summed E-state index contributed by atoms with van der Waals surface area (Å²) in [4.78, 5) is 12.7. The lowest BCUT2D eigenvalue weighted by Crippen LogP contribution is -2.35. The number of ether oxygens (including phenoxy) is 1. The molecule has 3 rings (SSSR count). The minimum Gasteiger partial charge on any atom is -0.369 e. The number of carbonyl (C=O) groups is 1. The molecule has 1 heterocycles. The maximum atomic E-state index is 12.7. The van der Waals surface area contributed by atoms with Crippen molar-refractivity contribution in [2.75, 3.05) is 0 Å². The Morgan fingerprint density at radius 1 is 1.16 bits per heavy atom. The molecule has 3 fully saturated rings. The third kappa shape index (κ3) is 2.49. The molecule has 0 amide bonds. The van der Waals surface area contributed by atoms with Crippen LogP contribution in [0.3, 0.4) is 0 Å². The second-order valence-corrected chi connectivity index (χ2v) is 8.33. The summed E-state index contributed by atoms with van der Waals surface area (Å²) in [5.74, 6) is 3.04. The van der Waals surface area contributed by atoms with E-state index in [0.717, 1.165) is 24.7 Å². The highest BCUT2D eigenvalue weighted by Crippen LogP contribution is 2.51. The Hall–Kier alpha value is -0.370. The molecule has 2 aliphatic carbocycles. The number of fused-ring (bicyclic) bond motifs is 2. The zero-order valence-corrected chi connectivity index (χ0v) is 12.9. The Bertz CT molecular complexity index is 383. The minimum atomic E-state index is -0.280. The van der Waals surface area contributed by atoms with E-state index in [9.17, 15) is 4.79 Å². The van der Waals surface area contributed by atoms with Gasteiger partial charge >= 0.3 is 0 Å². The van der Waals surface area contributed by atoms with E-state index in [1.807, 2.05) is 0 Å². The Labute approximate surface area is 117 Å². The number of rotatable bonds is 3. The van der Waals surface area contributed by atoms with E-state index in [-0.39, 0.29) is 17.1 Å². The van der Waals surface area contributed by atoms with Gasteiger partial charge in [0.2, 0.25) is 0 Å². The molecule has 2 saturated carbocycles. The zero-order valence-electron chi connectivity index (χ0n) is 12.9. The van der Waals surface area contributed by atoms with Crippen molar-refractivity contribution in [1.82, 2.24) is 0 Å². The molecule has 2 heteroatoms. The first-order chi connectivity index (χ1) is 8.77. The summed E-state index contributed by atoms with van der Waals surface area (Å²) in [6, 6.07) is 0. The van der Waals surface area contributed by atoms with Gasteiger partial charge < -0.3 is 4.74 Å². The summed E-state index contributed by atoms with van der Waals surface area (Å²) in [5, 5.41) is 0. The Morgan fingerprint density at radius 3 is 2.37 bits per heavy atom. The van der Waals surface area contributed by atoms with Gasteiger partial charge in [-0.1, -0.05) is 6.42 Å². The molecule has 0 aromatic heterocycles. The standard InChI is InChI=1S/C17H28O2/c1-16(2)10-14(17(3,4)19-16)15(18)9-13-8-11-5-6-12(13)7-11/h11-14H,5-10H2,1-4H3. The molecule has 0 aromatic carbocycles. The SMILES string of the molecule is CC1(C)CC(C(=O)CC2CC3CCC2C3)C(C)(C)O1. The van der Waals surface area contributed by atoms with Gasteiger partial charge in [-0.3, -0.25) is 4.79 Å². The van der Waals surface area contributed by atoms with Crippen molar-refractivity contribution in [2.24, 2.45) is 23.7 Å². The van der Waals surface area contributed by atoms with Crippen LogP contribution in [0.2, 0.25) is 0 Å². The van der Waals surface area contributed by atoms with Crippen molar-refractivity contribution in [1.29, 1.82) is 0 Å². The molecular formula is C17H28O2. The predicted octanol–water partition coefficient (Wildman–Crippen LogP) is 3.98. The van der Waals surface area contributed by atoms with Crippen LogP contribution in [0.5, 0.6) is 0 Å². The van der Waals surface area contributed by atoms with Crippen molar-refractivity contribution in [3.8, 4) is 0 Å². The van der Waals surface area contributed by atoms with Crippen LogP contribution in [0.15, 0.2) is 0 Å². The fraction of sp³-hybridized carbons (Fsp3) is 0.941. The number of hydrogen-bond acceptors (Lipinski definition) is 2. The average molecular weight is 264 g/mol. The lowest BCUT2D eigenvalue weighted by molar-refractivity contribution is -0.130. The molecule has 108 valence electrons. The van der Waals surface area contributed by atoms with Gasteiger partial charge in [0, 0.05) is 12.3 Å². The zero-order chi connectivity index (χ0) is 13.8. The van der Waals surface area contributed by atoms with Crippen molar-refractivity contribution in [2.45, 2.75) is 77.4 Å². The molecule has 2 bridgehead atoms. The lowest BCUT2D eigenvalue weighted by atomic mass is 9.78. The molecule has 4 atom stereocenters. The molecule has 1 saturated heterocycles. The summed E-state index contributed by atoms with van der Waals surface area (Å²) >= 11 is 0. The number of ketones is 1. The maximum absolute atomic E-state index is 12.7. The van der Waals surface area contributed by atoms with Gasteiger partial charge in [-0.25, -0.2) is 0 Å². The molecule has 3 aliphatic rings. The average Bonchev–Trinajstić information content (AvgIpc) is 2.90. The van der Waals surface area contributed by atoms with Crippen LogP contribution in [0, 0.1) is 23.7 Å². The summed E-state index contributed by atoms with van der Waals surface area (Å²) < 4.78 is 6.08. The van der Waals surface area contributed by atoms with E-state index in [4.69, 9.17) is 4.74 Å². The molecule has 0 radical (unpaired) electrons.